The molecule has 2 aromatic heterocycles. The molecule has 0 radical (unpaired) electrons. The number of furan rings is 1. The van der Waals surface area contributed by atoms with E-state index >= 15 is 0 Å². The van der Waals surface area contributed by atoms with E-state index in [9.17, 15) is 23.3 Å². The van der Waals surface area contributed by atoms with Gasteiger partial charge in [-0.15, -0.1) is 0 Å². The summed E-state index contributed by atoms with van der Waals surface area (Å²) in [6.45, 7) is 0. The van der Waals surface area contributed by atoms with Crippen molar-refractivity contribution in [1.82, 2.24) is 4.57 Å². The second-order valence-corrected chi connectivity index (χ2v) is 12.8. The SMILES string of the molecule is [2H]c1c([2H])c([2H])c(-c2c([2H])c([2H])c(N(c3c([2H])c([2H])c(-c4c([2H])c([2H])c5c([2H])c([2H])c([2H])c([2H])c5c4[2H])c([2H])c3[2H])c3c([2H])c(-c4c([2H])c([2H])c([2H])c([2H])c4-n4c5c([2H])c([2H])c([2H])c([2H])c5c5c([2H])c([2H])c([2H])c([2H])c54)c4oc5c([2H])c([2H])c([2H])c([2H])c5c4c3[2H])c([2H])c2[2H])c([2H])c1[2H]. The molecular formula is C58H38N2O. The lowest BCUT2D eigenvalue weighted by Gasteiger charge is -2.27. The van der Waals surface area contributed by atoms with Crippen LogP contribution in [0.4, 0.5) is 17.1 Å². The Labute approximate surface area is 407 Å². The molecule has 0 aliphatic carbocycles. The summed E-state index contributed by atoms with van der Waals surface area (Å²) < 4.78 is 356. The Morgan fingerprint density at radius 1 is 0.361 bits per heavy atom. The van der Waals surface area contributed by atoms with E-state index in [0.29, 0.717) is 4.57 Å². The lowest BCUT2D eigenvalue weighted by molar-refractivity contribution is 0.670. The van der Waals surface area contributed by atoms with Crippen LogP contribution in [-0.4, -0.2) is 4.57 Å². The summed E-state index contributed by atoms with van der Waals surface area (Å²) in [5, 5.41) is -4.48. The third-order valence-corrected chi connectivity index (χ3v) is 9.37. The molecule has 3 nitrogen and oxygen atoms in total. The van der Waals surface area contributed by atoms with Gasteiger partial charge in [0.1, 0.15) is 11.2 Å². The minimum absolute atomic E-state index is 0.212. The zero-order chi connectivity index (χ0) is 73.3. The van der Waals surface area contributed by atoms with Gasteiger partial charge in [0.2, 0.25) is 0 Å². The molecule has 0 saturated heterocycles. The number of para-hydroxylation sites is 4. The number of rotatable bonds is 7. The summed E-state index contributed by atoms with van der Waals surface area (Å²) in [5.74, 6) is 0. The first-order chi connectivity index (χ1) is 46.1. The van der Waals surface area contributed by atoms with Crippen LogP contribution in [0.5, 0.6) is 0 Å². The van der Waals surface area contributed by atoms with E-state index in [2.05, 4.69) is 0 Å². The van der Waals surface area contributed by atoms with Gasteiger partial charge in [-0.25, -0.2) is 0 Å². The minimum Gasteiger partial charge on any atom is -0.455 e. The van der Waals surface area contributed by atoms with Crippen molar-refractivity contribution >= 4 is 71.6 Å². The second-order valence-electron chi connectivity index (χ2n) is 12.8. The van der Waals surface area contributed by atoms with Crippen LogP contribution < -0.4 is 4.90 Å². The molecule has 0 fully saturated rings. The van der Waals surface area contributed by atoms with Gasteiger partial charge in [0, 0.05) is 49.7 Å². The van der Waals surface area contributed by atoms with Crippen LogP contribution in [-0.2, 0) is 0 Å². The monoisotopic (exact) mass is 817 g/mol. The zero-order valence-electron chi connectivity index (χ0n) is 68.3. The molecule has 0 aliphatic rings. The molecule has 0 bridgehead atoms. The third kappa shape index (κ3) is 5.90. The first kappa shape index (κ1) is 13.7. The van der Waals surface area contributed by atoms with Gasteiger partial charge < -0.3 is 13.9 Å². The molecule has 0 unspecified atom stereocenters. The van der Waals surface area contributed by atoms with E-state index in [0.717, 1.165) is 0 Å². The molecule has 0 aliphatic heterocycles. The first-order valence-corrected chi connectivity index (χ1v) is 17.7. The number of aromatic nitrogens is 1. The highest BCUT2D eigenvalue weighted by atomic mass is 16.3. The molecule has 0 N–H and O–H groups in total. The molecular weight excluding hydrogens is 741 g/mol. The van der Waals surface area contributed by atoms with Crippen LogP contribution in [0.3, 0.4) is 0 Å². The molecule has 10 aromatic carbocycles. The van der Waals surface area contributed by atoms with Gasteiger partial charge in [-0.1, -0.05) is 163 Å². The van der Waals surface area contributed by atoms with E-state index in [1.54, 1.807) is 0 Å². The zero-order valence-corrected chi connectivity index (χ0v) is 30.3. The summed E-state index contributed by atoms with van der Waals surface area (Å²) in [5.41, 5.74) is -14.9. The minimum atomic E-state index is -1.46. The number of hydrogen-bond donors (Lipinski definition) is 0. The summed E-state index contributed by atoms with van der Waals surface area (Å²) in [6.07, 6.45) is 0. The Bertz CT molecular complexity index is 5690. The van der Waals surface area contributed by atoms with Crippen molar-refractivity contribution in [3.63, 3.8) is 0 Å². The number of fused-ring (bicyclic) bond motifs is 7. The van der Waals surface area contributed by atoms with Gasteiger partial charge >= 0.3 is 0 Å². The predicted molar refractivity (Wildman–Crippen MR) is 257 cm³/mol. The van der Waals surface area contributed by atoms with Crippen LogP contribution in [0.15, 0.2) is 234 Å². The molecule has 12 rings (SSSR count). The molecule has 61 heavy (non-hydrogen) atoms. The third-order valence-electron chi connectivity index (χ3n) is 9.37. The molecule has 0 atom stereocenters. The highest BCUT2D eigenvalue weighted by molar-refractivity contribution is 6.14. The van der Waals surface area contributed by atoms with E-state index in [1.807, 2.05) is 0 Å². The fraction of sp³-hybridized carbons (Fsp3) is 0. The van der Waals surface area contributed by atoms with E-state index < -0.39 is 340 Å². The van der Waals surface area contributed by atoms with Crippen molar-refractivity contribution in [2.45, 2.75) is 0 Å². The summed E-state index contributed by atoms with van der Waals surface area (Å²) in [6, 6.07) is -43.0. The van der Waals surface area contributed by atoms with Gasteiger partial charge in [-0.05, 0) is 99.5 Å². The second kappa shape index (κ2) is 14.3. The maximum absolute atomic E-state index is 10.6. The van der Waals surface area contributed by atoms with Gasteiger partial charge in [-0.3, -0.25) is 0 Å². The maximum Gasteiger partial charge on any atom is 0.143 e. The average molecular weight is 817 g/mol. The van der Waals surface area contributed by atoms with Gasteiger partial charge in [0.25, 0.3) is 0 Å². The van der Waals surface area contributed by atoms with Crippen LogP contribution in [0, 0.1) is 0 Å². The lowest BCUT2D eigenvalue weighted by atomic mass is 9.98. The molecule has 12 aromatic rings. The Morgan fingerprint density at radius 3 is 1.62 bits per heavy atom. The van der Waals surface area contributed by atoms with Crippen LogP contribution in [0.2, 0.25) is 0 Å². The summed E-state index contributed by atoms with van der Waals surface area (Å²) in [4.78, 5) is 0.212. The van der Waals surface area contributed by atoms with Crippen molar-refractivity contribution in [3.05, 3.63) is 230 Å². The molecule has 2 heterocycles. The van der Waals surface area contributed by atoms with Crippen molar-refractivity contribution in [2.75, 3.05) is 4.90 Å². The maximum atomic E-state index is 10.6. The Balaban J connectivity index is 1.36. The van der Waals surface area contributed by atoms with Crippen molar-refractivity contribution in [3.8, 4) is 39.1 Å². The van der Waals surface area contributed by atoms with Crippen molar-refractivity contribution in [1.29, 1.82) is 0 Å². The first-order valence-electron chi connectivity index (χ1n) is 36.7. The average Bonchev–Trinajstić information content (AvgIpc) is 1.61. The Morgan fingerprint density at radius 2 is 0.902 bits per heavy atom. The van der Waals surface area contributed by atoms with E-state index in [-0.39, 0.29) is 4.90 Å². The normalized spacial score (nSPS) is 20.3. The fourth-order valence-electron chi connectivity index (χ4n) is 6.73. The molecule has 0 spiro atoms. The Kier molecular flexibility index (Phi) is 3.21. The van der Waals surface area contributed by atoms with Gasteiger partial charge in [-0.2, -0.15) is 0 Å². The van der Waals surface area contributed by atoms with Gasteiger partial charge in [0.15, 0.2) is 0 Å². The number of hydrogen-bond acceptors (Lipinski definition) is 2. The smallest absolute Gasteiger partial charge is 0.143 e. The topological polar surface area (TPSA) is 21.3 Å². The number of nitrogens with zero attached hydrogens (tertiary/aromatic N) is 2. The number of anilines is 3. The highest BCUT2D eigenvalue weighted by Gasteiger charge is 2.23. The van der Waals surface area contributed by atoms with Crippen LogP contribution >= 0.6 is 0 Å². The summed E-state index contributed by atoms with van der Waals surface area (Å²) in [7, 11) is 0. The summed E-state index contributed by atoms with van der Waals surface area (Å²) >= 11 is 0. The predicted octanol–water partition coefficient (Wildman–Crippen LogP) is 16.3. The standard InChI is InChI=1S/C58H38N2O/c1-2-14-39(15-3-1)41-28-32-45(33-29-41)59(46-34-30-42(31-35-46)44-27-26-40-16-4-5-17-43(40)36-44)47-37-52(58-53(38-47)51-21-9-13-25-57(51)61-58)50-20-8-12-24-56(50)60-54-22-10-6-18-48(54)49-19-7-11-23-55(49)60/h1-38H/i1D,2D,3D,4D,5D,6D,7D,8D,9D,10D,11D,12D,13D,14D,15D,16D,17D,18D,19D,20D,21D,22D,23D,24D,25D,26D,27D,28D,29D,30D,31D,32D,33D,34D,35D,36D,37D,38D. The van der Waals surface area contributed by atoms with Crippen molar-refractivity contribution < 1.29 is 56.5 Å². The molecule has 286 valence electrons. The largest absolute Gasteiger partial charge is 0.455 e. The van der Waals surface area contributed by atoms with E-state index in [1.165, 1.54) is 0 Å². The van der Waals surface area contributed by atoms with Crippen molar-refractivity contribution in [2.24, 2.45) is 0 Å². The lowest BCUT2D eigenvalue weighted by Crippen LogP contribution is -2.10. The quantitative estimate of drug-likeness (QED) is 0.160. The number of benzene rings is 10. The highest BCUT2D eigenvalue weighted by Crippen LogP contribution is 2.46. The van der Waals surface area contributed by atoms with E-state index in [4.69, 9.17) is 33.2 Å². The molecule has 0 amide bonds. The fourth-order valence-corrected chi connectivity index (χ4v) is 6.73. The Hall–Kier alpha value is -8.14. The van der Waals surface area contributed by atoms with Gasteiger partial charge in [0.05, 0.1) is 68.8 Å². The van der Waals surface area contributed by atoms with Crippen LogP contribution in [0.1, 0.15) is 52.1 Å². The van der Waals surface area contributed by atoms with Crippen LogP contribution in [0.25, 0.3) is 93.6 Å². The molecule has 0 saturated carbocycles. The molecule has 3 heteroatoms.